The van der Waals surface area contributed by atoms with Gasteiger partial charge in [0.1, 0.15) is 5.82 Å². The van der Waals surface area contributed by atoms with Gasteiger partial charge in [-0.15, -0.1) is 0 Å². The first-order valence-corrected chi connectivity index (χ1v) is 9.33. The van der Waals surface area contributed by atoms with Gasteiger partial charge in [0.15, 0.2) is 11.5 Å². The molecule has 0 spiro atoms. The third-order valence-electron chi connectivity index (χ3n) is 4.64. The molecule has 0 fully saturated rings. The van der Waals surface area contributed by atoms with Crippen LogP contribution in [0.5, 0.6) is 11.5 Å². The standard InChI is InChI=1S/C22H19N5O2/c1-14-10-20(26-17-6-2-4-16-5-3-9-23-21(16)17)27-22(25-14)24-12-15-7-8-18-19(11-15)29-13-28-18/h2-11H,12-13H2,1H3,(H2,24,25,26,27). The molecule has 0 aliphatic carbocycles. The molecule has 144 valence electrons. The van der Waals surface area contributed by atoms with E-state index in [-0.39, 0.29) is 6.79 Å². The summed E-state index contributed by atoms with van der Waals surface area (Å²) in [5, 5.41) is 7.73. The second kappa shape index (κ2) is 7.27. The number of pyridine rings is 1. The number of aromatic nitrogens is 3. The molecule has 2 N–H and O–H groups in total. The van der Waals surface area contributed by atoms with Gasteiger partial charge in [-0.05, 0) is 36.8 Å². The number of nitrogens with one attached hydrogen (secondary N) is 2. The van der Waals surface area contributed by atoms with Gasteiger partial charge < -0.3 is 20.1 Å². The first kappa shape index (κ1) is 17.2. The molecule has 0 atom stereocenters. The van der Waals surface area contributed by atoms with Crippen LogP contribution in [0.2, 0.25) is 0 Å². The average molecular weight is 385 g/mol. The van der Waals surface area contributed by atoms with E-state index in [2.05, 4.69) is 25.6 Å². The minimum atomic E-state index is 0.269. The maximum atomic E-state index is 5.43. The molecule has 2 aromatic heterocycles. The summed E-state index contributed by atoms with van der Waals surface area (Å²) in [5.41, 5.74) is 3.74. The Morgan fingerprint density at radius 3 is 2.83 bits per heavy atom. The van der Waals surface area contributed by atoms with Gasteiger partial charge in [-0.3, -0.25) is 4.98 Å². The highest BCUT2D eigenvalue weighted by Gasteiger charge is 2.13. The minimum Gasteiger partial charge on any atom is -0.454 e. The van der Waals surface area contributed by atoms with E-state index in [1.165, 1.54) is 0 Å². The Kier molecular flexibility index (Phi) is 4.32. The number of hydrogen-bond acceptors (Lipinski definition) is 7. The Bertz CT molecular complexity index is 1190. The predicted octanol–water partition coefficient (Wildman–Crippen LogP) is 4.42. The third-order valence-corrected chi connectivity index (χ3v) is 4.64. The fourth-order valence-corrected chi connectivity index (χ4v) is 3.29. The molecule has 0 radical (unpaired) electrons. The van der Waals surface area contributed by atoms with Gasteiger partial charge in [-0.1, -0.05) is 24.3 Å². The number of aryl methyl sites for hydroxylation is 1. The number of benzene rings is 2. The van der Waals surface area contributed by atoms with E-state index in [4.69, 9.17) is 9.47 Å². The lowest BCUT2D eigenvalue weighted by atomic mass is 10.2. The summed E-state index contributed by atoms with van der Waals surface area (Å²) in [6.07, 6.45) is 1.79. The van der Waals surface area contributed by atoms with E-state index >= 15 is 0 Å². The molecule has 4 aromatic rings. The molecule has 29 heavy (non-hydrogen) atoms. The predicted molar refractivity (Wildman–Crippen MR) is 112 cm³/mol. The maximum Gasteiger partial charge on any atom is 0.231 e. The highest BCUT2D eigenvalue weighted by atomic mass is 16.7. The van der Waals surface area contributed by atoms with Crippen LogP contribution in [0.25, 0.3) is 10.9 Å². The molecule has 0 saturated carbocycles. The summed E-state index contributed by atoms with van der Waals surface area (Å²) in [6, 6.07) is 17.8. The van der Waals surface area contributed by atoms with Gasteiger partial charge in [0.05, 0.1) is 11.2 Å². The van der Waals surface area contributed by atoms with Gasteiger partial charge >= 0.3 is 0 Å². The zero-order valence-corrected chi connectivity index (χ0v) is 15.8. The first-order valence-electron chi connectivity index (χ1n) is 9.33. The van der Waals surface area contributed by atoms with Crippen LogP contribution in [0.15, 0.2) is 60.8 Å². The summed E-state index contributed by atoms with van der Waals surface area (Å²) >= 11 is 0. The molecule has 0 amide bonds. The van der Waals surface area contributed by atoms with Gasteiger partial charge in [-0.25, -0.2) is 4.98 Å². The lowest BCUT2D eigenvalue weighted by Gasteiger charge is -2.11. The topological polar surface area (TPSA) is 81.2 Å². The Morgan fingerprint density at radius 2 is 1.86 bits per heavy atom. The summed E-state index contributed by atoms with van der Waals surface area (Å²) in [5.74, 6) is 2.80. The fourth-order valence-electron chi connectivity index (χ4n) is 3.29. The highest BCUT2D eigenvalue weighted by Crippen LogP contribution is 2.32. The summed E-state index contributed by atoms with van der Waals surface area (Å²) in [6.45, 7) is 2.79. The number of nitrogens with zero attached hydrogens (tertiary/aromatic N) is 3. The smallest absolute Gasteiger partial charge is 0.231 e. The third kappa shape index (κ3) is 3.62. The number of hydrogen-bond donors (Lipinski definition) is 2. The molecular formula is C22H19N5O2. The van der Waals surface area contributed by atoms with Crippen molar-refractivity contribution >= 4 is 28.4 Å². The van der Waals surface area contributed by atoms with Crippen molar-refractivity contribution in [2.75, 3.05) is 17.4 Å². The molecule has 7 nitrogen and oxygen atoms in total. The van der Waals surface area contributed by atoms with Gasteiger partial charge in [-0.2, -0.15) is 4.98 Å². The van der Waals surface area contributed by atoms with E-state index < -0.39 is 0 Å². The van der Waals surface area contributed by atoms with E-state index in [0.29, 0.717) is 18.3 Å². The van der Waals surface area contributed by atoms with E-state index in [1.54, 1.807) is 6.20 Å². The first-order chi connectivity index (χ1) is 14.2. The van der Waals surface area contributed by atoms with Crippen molar-refractivity contribution in [2.24, 2.45) is 0 Å². The lowest BCUT2D eigenvalue weighted by molar-refractivity contribution is 0.174. The molecular weight excluding hydrogens is 366 g/mol. The van der Waals surface area contributed by atoms with Crippen molar-refractivity contribution in [1.29, 1.82) is 0 Å². The van der Waals surface area contributed by atoms with Crippen molar-refractivity contribution in [2.45, 2.75) is 13.5 Å². The van der Waals surface area contributed by atoms with Crippen LogP contribution in [-0.4, -0.2) is 21.7 Å². The van der Waals surface area contributed by atoms with Crippen LogP contribution < -0.4 is 20.1 Å². The number of rotatable bonds is 5. The lowest BCUT2D eigenvalue weighted by Crippen LogP contribution is -2.06. The maximum absolute atomic E-state index is 5.43. The number of fused-ring (bicyclic) bond motifs is 2. The average Bonchev–Trinajstić information content (AvgIpc) is 3.20. The van der Waals surface area contributed by atoms with Crippen molar-refractivity contribution in [3.8, 4) is 11.5 Å². The van der Waals surface area contributed by atoms with Crippen LogP contribution in [0, 0.1) is 6.92 Å². The molecule has 0 bridgehead atoms. The second-order valence-corrected chi connectivity index (χ2v) is 6.77. The molecule has 5 rings (SSSR count). The molecule has 0 saturated heterocycles. The van der Waals surface area contributed by atoms with E-state index in [1.807, 2.05) is 61.5 Å². The molecule has 0 unspecified atom stereocenters. The Morgan fingerprint density at radius 1 is 0.966 bits per heavy atom. The molecule has 1 aliphatic rings. The number of anilines is 3. The van der Waals surface area contributed by atoms with Gasteiger partial charge in [0.2, 0.25) is 12.7 Å². The summed E-state index contributed by atoms with van der Waals surface area (Å²) < 4.78 is 10.8. The largest absolute Gasteiger partial charge is 0.454 e. The zero-order valence-electron chi connectivity index (χ0n) is 15.8. The van der Waals surface area contributed by atoms with Gasteiger partial charge in [0, 0.05) is 29.9 Å². The monoisotopic (exact) mass is 385 g/mol. The van der Waals surface area contributed by atoms with Crippen LogP contribution in [0.1, 0.15) is 11.3 Å². The van der Waals surface area contributed by atoms with Gasteiger partial charge in [0.25, 0.3) is 0 Å². The second-order valence-electron chi connectivity index (χ2n) is 6.77. The molecule has 3 heterocycles. The summed E-state index contributed by atoms with van der Waals surface area (Å²) in [4.78, 5) is 13.6. The van der Waals surface area contributed by atoms with Crippen molar-refractivity contribution in [1.82, 2.24) is 15.0 Å². The van der Waals surface area contributed by atoms with Crippen molar-refractivity contribution in [3.63, 3.8) is 0 Å². The Hall–Kier alpha value is -3.87. The Balaban J connectivity index is 1.36. The van der Waals surface area contributed by atoms with Crippen LogP contribution >= 0.6 is 0 Å². The molecule has 2 aromatic carbocycles. The number of para-hydroxylation sites is 1. The minimum absolute atomic E-state index is 0.269. The van der Waals surface area contributed by atoms with Crippen molar-refractivity contribution < 1.29 is 9.47 Å². The molecule has 7 heteroatoms. The van der Waals surface area contributed by atoms with Crippen LogP contribution in [0.3, 0.4) is 0 Å². The Labute approximate surface area is 167 Å². The highest BCUT2D eigenvalue weighted by molar-refractivity contribution is 5.91. The van der Waals surface area contributed by atoms with E-state index in [0.717, 1.165) is 39.3 Å². The van der Waals surface area contributed by atoms with Crippen LogP contribution in [-0.2, 0) is 6.54 Å². The quantitative estimate of drug-likeness (QED) is 0.526. The SMILES string of the molecule is Cc1cc(Nc2cccc3cccnc23)nc(NCc2ccc3c(c2)OCO3)n1. The number of ether oxygens (including phenoxy) is 2. The normalized spacial score (nSPS) is 12.2. The fraction of sp³-hybridized carbons (Fsp3) is 0.136. The van der Waals surface area contributed by atoms with Crippen molar-refractivity contribution in [3.05, 3.63) is 72.1 Å². The summed E-state index contributed by atoms with van der Waals surface area (Å²) in [7, 11) is 0. The van der Waals surface area contributed by atoms with Crippen LogP contribution in [0.4, 0.5) is 17.5 Å². The zero-order chi connectivity index (χ0) is 19.6. The van der Waals surface area contributed by atoms with E-state index in [9.17, 15) is 0 Å². The molecule has 1 aliphatic heterocycles.